The Morgan fingerprint density at radius 1 is 1.07 bits per heavy atom. The molecular formula is C31H52F3N6O+. The zero-order valence-electron chi connectivity index (χ0n) is 25.9. The van der Waals surface area contributed by atoms with Crippen LogP contribution in [0.1, 0.15) is 117 Å². The lowest BCUT2D eigenvalue weighted by molar-refractivity contribution is -0.568. The normalized spacial score (nSPS) is 16.9. The molecule has 0 saturated carbocycles. The summed E-state index contributed by atoms with van der Waals surface area (Å²) in [4.78, 5) is 22.2. The Balaban J connectivity index is 0.00000187. The average Bonchev–Trinajstić information content (AvgIpc) is 3.14. The Kier molecular flexibility index (Phi) is 15.2. The van der Waals surface area contributed by atoms with Crippen LogP contribution in [-0.4, -0.2) is 63.3 Å². The fourth-order valence-corrected chi connectivity index (χ4v) is 5.30. The third kappa shape index (κ3) is 11.3. The van der Waals surface area contributed by atoms with Crippen molar-refractivity contribution >= 4 is 23.4 Å². The van der Waals surface area contributed by atoms with Gasteiger partial charge in [-0.2, -0.15) is 18.2 Å². The number of nitrogens with one attached hydrogen (secondary N) is 2. The number of unbranched alkanes of at least 4 members (excludes halogenated alkanes) is 1. The van der Waals surface area contributed by atoms with Gasteiger partial charge in [-0.15, -0.1) is 0 Å². The van der Waals surface area contributed by atoms with Crippen LogP contribution in [0.15, 0.2) is 18.0 Å². The van der Waals surface area contributed by atoms with Gasteiger partial charge in [-0.05, 0) is 38.2 Å². The summed E-state index contributed by atoms with van der Waals surface area (Å²) in [5.74, 6) is 0.0236. The van der Waals surface area contributed by atoms with Gasteiger partial charge in [-0.1, -0.05) is 47.0 Å². The van der Waals surface area contributed by atoms with Crippen LogP contribution in [0.5, 0.6) is 0 Å². The predicted molar refractivity (Wildman–Crippen MR) is 162 cm³/mol. The Labute approximate surface area is 245 Å². The van der Waals surface area contributed by atoms with Gasteiger partial charge in [0.15, 0.2) is 11.8 Å². The summed E-state index contributed by atoms with van der Waals surface area (Å²) in [5, 5.41) is 6.05. The molecule has 0 aromatic carbocycles. The van der Waals surface area contributed by atoms with Gasteiger partial charge in [-0.3, -0.25) is 4.79 Å². The van der Waals surface area contributed by atoms with E-state index in [1.54, 1.807) is 0 Å². The van der Waals surface area contributed by atoms with Crippen molar-refractivity contribution in [3.8, 4) is 0 Å². The summed E-state index contributed by atoms with van der Waals surface area (Å²) in [6.45, 7) is 13.2. The van der Waals surface area contributed by atoms with Crippen LogP contribution >= 0.6 is 0 Å². The second-order valence-corrected chi connectivity index (χ2v) is 11.0. The summed E-state index contributed by atoms with van der Waals surface area (Å²) in [6.07, 6.45) is 10.1. The van der Waals surface area contributed by atoms with E-state index in [-0.39, 0.29) is 24.2 Å². The third-order valence-corrected chi connectivity index (χ3v) is 7.40. The van der Waals surface area contributed by atoms with Crippen LogP contribution in [0.3, 0.4) is 0 Å². The number of allylic oxidation sites excluding steroid dienone is 1. The van der Waals surface area contributed by atoms with Crippen molar-refractivity contribution in [3.63, 3.8) is 0 Å². The van der Waals surface area contributed by atoms with E-state index in [9.17, 15) is 18.0 Å². The smallest absolute Gasteiger partial charge is 0.369 e. The standard InChI is InChI=1S/C28H44F3N6O.C3H8/c1-4-6-13-22(12-5-2)37-19-10-14-24(21(37)3)34-27-33-20-23(28(29,30)31)26(35-27)32-16-11-18-36-17-9-7-8-15-25(36)38;1-3-2/h14,20,22H,4-13,15-19H2,1-3H3,(H2,32,33,34,35);3H2,1-2H3/q+1;. The number of carbonyl (C=O) groups is 1. The van der Waals surface area contributed by atoms with Crippen molar-refractivity contribution < 1.29 is 22.5 Å². The second-order valence-electron chi connectivity index (χ2n) is 11.0. The fourth-order valence-electron chi connectivity index (χ4n) is 5.30. The molecule has 1 atom stereocenters. The molecular weight excluding hydrogens is 529 g/mol. The molecule has 1 aromatic heterocycles. The highest BCUT2D eigenvalue weighted by Crippen LogP contribution is 2.34. The highest BCUT2D eigenvalue weighted by Gasteiger charge is 2.35. The topological polar surface area (TPSA) is 73.2 Å². The first-order valence-electron chi connectivity index (χ1n) is 15.7. The summed E-state index contributed by atoms with van der Waals surface area (Å²) in [6, 6.07) is 0.451. The van der Waals surface area contributed by atoms with Crippen molar-refractivity contribution in [2.75, 3.05) is 36.8 Å². The van der Waals surface area contributed by atoms with Gasteiger partial charge >= 0.3 is 6.18 Å². The fraction of sp³-hybridized carbons (Fsp3) is 0.742. The van der Waals surface area contributed by atoms with Crippen molar-refractivity contribution in [1.82, 2.24) is 14.9 Å². The molecule has 41 heavy (non-hydrogen) atoms. The summed E-state index contributed by atoms with van der Waals surface area (Å²) in [5.41, 5.74) is 1.03. The molecule has 0 bridgehead atoms. The van der Waals surface area contributed by atoms with Gasteiger partial charge in [-0.25, -0.2) is 9.56 Å². The number of hydrogen-bond donors (Lipinski definition) is 2. The lowest BCUT2D eigenvalue weighted by atomic mass is 10.0. The quantitative estimate of drug-likeness (QED) is 0.185. The van der Waals surface area contributed by atoms with Gasteiger partial charge < -0.3 is 15.5 Å². The lowest BCUT2D eigenvalue weighted by Gasteiger charge is -2.22. The molecule has 10 heteroatoms. The highest BCUT2D eigenvalue weighted by molar-refractivity contribution is 5.97. The highest BCUT2D eigenvalue weighted by atomic mass is 19.4. The van der Waals surface area contributed by atoms with Crippen LogP contribution in [-0.2, 0) is 11.0 Å². The van der Waals surface area contributed by atoms with Crippen LogP contribution in [0.2, 0.25) is 0 Å². The molecule has 3 heterocycles. The van der Waals surface area contributed by atoms with Crippen LogP contribution in [0.25, 0.3) is 0 Å². The summed E-state index contributed by atoms with van der Waals surface area (Å²) >= 11 is 0. The van der Waals surface area contributed by atoms with Gasteiger partial charge in [0.1, 0.15) is 23.6 Å². The molecule has 0 aliphatic carbocycles. The maximum atomic E-state index is 13.7. The number of rotatable bonds is 13. The number of likely N-dealkylation sites (tertiary alicyclic amines) is 1. The number of alkyl halides is 3. The van der Waals surface area contributed by atoms with E-state index < -0.39 is 11.7 Å². The SMILES string of the molecule is CCC.CCCCC(CCC)[N+]1=C(C)C(Nc2ncc(C(F)(F)F)c(NCCCN3CCCCCC3=O)n2)=CCC1. The maximum Gasteiger partial charge on any atom is 0.421 e. The molecule has 0 spiro atoms. The molecule has 0 radical (unpaired) electrons. The Morgan fingerprint density at radius 3 is 2.51 bits per heavy atom. The maximum absolute atomic E-state index is 13.7. The van der Waals surface area contributed by atoms with E-state index in [1.165, 1.54) is 12.8 Å². The molecule has 1 fully saturated rings. The minimum Gasteiger partial charge on any atom is -0.369 e. The van der Waals surface area contributed by atoms with Gasteiger partial charge in [0.25, 0.3) is 0 Å². The van der Waals surface area contributed by atoms with E-state index >= 15 is 0 Å². The number of aromatic nitrogens is 2. The minimum atomic E-state index is -4.57. The molecule has 2 N–H and O–H groups in total. The number of halogens is 3. The molecule has 2 aliphatic heterocycles. The van der Waals surface area contributed by atoms with Gasteiger partial charge in [0.2, 0.25) is 11.9 Å². The Hall–Kier alpha value is -2.65. The largest absolute Gasteiger partial charge is 0.421 e. The van der Waals surface area contributed by atoms with Crippen LogP contribution in [0, 0.1) is 0 Å². The number of carbonyl (C=O) groups excluding carboxylic acids is 1. The summed E-state index contributed by atoms with van der Waals surface area (Å²) < 4.78 is 43.5. The Bertz CT molecular complexity index is 1010. The number of nitrogens with zero attached hydrogens (tertiary/aromatic N) is 4. The number of hydrogen-bond acceptors (Lipinski definition) is 5. The minimum absolute atomic E-state index is 0.129. The van der Waals surface area contributed by atoms with Crippen molar-refractivity contribution in [3.05, 3.63) is 23.5 Å². The van der Waals surface area contributed by atoms with Crippen LogP contribution < -0.4 is 10.6 Å². The molecule has 1 amide bonds. The molecule has 1 unspecified atom stereocenters. The van der Waals surface area contributed by atoms with E-state index in [1.807, 2.05) is 4.90 Å². The first-order chi connectivity index (χ1) is 19.7. The van der Waals surface area contributed by atoms with E-state index in [4.69, 9.17) is 0 Å². The molecule has 2 aliphatic rings. The second kappa shape index (κ2) is 18.0. The third-order valence-electron chi connectivity index (χ3n) is 7.40. The van der Waals surface area contributed by atoms with Crippen molar-refractivity contribution in [2.45, 2.75) is 124 Å². The average molecular weight is 582 g/mol. The van der Waals surface area contributed by atoms with E-state index in [0.29, 0.717) is 32.0 Å². The van der Waals surface area contributed by atoms with Crippen LogP contribution in [0.4, 0.5) is 24.9 Å². The molecule has 1 saturated heterocycles. The first-order valence-corrected chi connectivity index (χ1v) is 15.7. The molecule has 1 aromatic rings. The van der Waals surface area contributed by atoms with Crippen molar-refractivity contribution in [1.29, 1.82) is 0 Å². The number of amides is 1. The first kappa shape index (κ1) is 34.6. The predicted octanol–water partition coefficient (Wildman–Crippen LogP) is 7.65. The molecule has 232 valence electrons. The van der Waals surface area contributed by atoms with E-state index in [2.05, 4.69) is 65.9 Å². The molecule has 7 nitrogen and oxygen atoms in total. The van der Waals surface area contributed by atoms with Gasteiger partial charge in [0, 0.05) is 58.4 Å². The zero-order valence-corrected chi connectivity index (χ0v) is 25.9. The van der Waals surface area contributed by atoms with Gasteiger partial charge in [0.05, 0.1) is 0 Å². The Morgan fingerprint density at radius 2 is 1.83 bits per heavy atom. The lowest BCUT2D eigenvalue weighted by Crippen LogP contribution is -2.36. The molecule has 3 rings (SSSR count). The number of anilines is 2. The zero-order chi connectivity index (χ0) is 30.3. The van der Waals surface area contributed by atoms with Crippen molar-refractivity contribution in [2.24, 2.45) is 0 Å². The van der Waals surface area contributed by atoms with E-state index in [0.717, 1.165) is 75.5 Å². The monoisotopic (exact) mass is 581 g/mol. The summed E-state index contributed by atoms with van der Waals surface area (Å²) in [7, 11) is 0.